The van der Waals surface area contributed by atoms with E-state index in [0.29, 0.717) is 5.56 Å². The first-order valence-corrected chi connectivity index (χ1v) is 8.41. The van der Waals surface area contributed by atoms with Gasteiger partial charge in [0.15, 0.2) is 0 Å². The number of rotatable bonds is 8. The fourth-order valence-corrected chi connectivity index (χ4v) is 2.62. The van der Waals surface area contributed by atoms with Crippen molar-refractivity contribution < 1.29 is 9.90 Å². The quantitative estimate of drug-likeness (QED) is 0.781. The standard InChI is InChI=1S/C19H27N3O2/c1-15(8-7-11-16-9-5-4-6-10-16)18(23)20-14-19(2,24)17-12-21-22(3)13-17/h4-6,9-10,12-13,15,24H,7-8,11,14H2,1-3H3,(H,20,23). The van der Waals surface area contributed by atoms with Crippen LogP contribution in [0.15, 0.2) is 42.7 Å². The van der Waals surface area contributed by atoms with E-state index in [0.717, 1.165) is 19.3 Å². The average molecular weight is 329 g/mol. The summed E-state index contributed by atoms with van der Waals surface area (Å²) in [5.41, 5.74) is 0.875. The normalized spacial score (nSPS) is 14.8. The summed E-state index contributed by atoms with van der Waals surface area (Å²) in [7, 11) is 1.80. The van der Waals surface area contributed by atoms with Gasteiger partial charge in [-0.05, 0) is 31.7 Å². The number of nitrogens with one attached hydrogen (secondary N) is 1. The van der Waals surface area contributed by atoms with E-state index in [1.54, 1.807) is 31.0 Å². The predicted molar refractivity (Wildman–Crippen MR) is 94.3 cm³/mol. The van der Waals surface area contributed by atoms with Crippen LogP contribution >= 0.6 is 0 Å². The third-order valence-corrected chi connectivity index (χ3v) is 4.33. The van der Waals surface area contributed by atoms with Crippen LogP contribution in [0.3, 0.4) is 0 Å². The minimum absolute atomic E-state index is 0.0211. The van der Waals surface area contributed by atoms with Crippen LogP contribution in [-0.2, 0) is 23.9 Å². The van der Waals surface area contributed by atoms with Crippen molar-refractivity contribution in [3.63, 3.8) is 0 Å². The van der Waals surface area contributed by atoms with Crippen LogP contribution in [-0.4, -0.2) is 27.3 Å². The maximum absolute atomic E-state index is 12.2. The topological polar surface area (TPSA) is 67.2 Å². The molecule has 1 heterocycles. The van der Waals surface area contributed by atoms with Gasteiger partial charge >= 0.3 is 0 Å². The highest BCUT2D eigenvalue weighted by molar-refractivity contribution is 5.78. The number of carbonyl (C=O) groups excluding carboxylic acids is 1. The zero-order valence-electron chi connectivity index (χ0n) is 14.7. The highest BCUT2D eigenvalue weighted by atomic mass is 16.3. The summed E-state index contributed by atoms with van der Waals surface area (Å²) >= 11 is 0. The van der Waals surface area contributed by atoms with Crippen molar-refractivity contribution in [2.45, 2.75) is 38.7 Å². The van der Waals surface area contributed by atoms with Crippen molar-refractivity contribution >= 4 is 5.91 Å². The van der Waals surface area contributed by atoms with Crippen LogP contribution in [0, 0.1) is 5.92 Å². The van der Waals surface area contributed by atoms with Gasteiger partial charge in [-0.3, -0.25) is 9.48 Å². The van der Waals surface area contributed by atoms with Crippen molar-refractivity contribution in [2.75, 3.05) is 6.54 Å². The van der Waals surface area contributed by atoms with E-state index in [4.69, 9.17) is 0 Å². The average Bonchev–Trinajstić information content (AvgIpc) is 3.01. The molecule has 0 fully saturated rings. The Morgan fingerprint density at radius 3 is 2.71 bits per heavy atom. The molecule has 2 unspecified atom stereocenters. The second-order valence-corrected chi connectivity index (χ2v) is 6.67. The third-order valence-electron chi connectivity index (χ3n) is 4.33. The molecule has 2 rings (SSSR count). The van der Waals surface area contributed by atoms with Gasteiger partial charge in [-0.15, -0.1) is 0 Å². The summed E-state index contributed by atoms with van der Waals surface area (Å²) in [6.45, 7) is 3.80. The molecule has 1 amide bonds. The molecule has 2 atom stereocenters. The highest BCUT2D eigenvalue weighted by Gasteiger charge is 2.26. The van der Waals surface area contributed by atoms with Gasteiger partial charge in [0.25, 0.3) is 0 Å². The molecule has 5 heteroatoms. The van der Waals surface area contributed by atoms with E-state index < -0.39 is 5.60 Å². The molecule has 2 aromatic rings. The number of hydrogen-bond donors (Lipinski definition) is 2. The lowest BCUT2D eigenvalue weighted by atomic mass is 9.98. The van der Waals surface area contributed by atoms with Crippen molar-refractivity contribution in [3.05, 3.63) is 53.9 Å². The summed E-state index contributed by atoms with van der Waals surface area (Å²) in [4.78, 5) is 12.2. The van der Waals surface area contributed by atoms with Gasteiger partial charge in [0.2, 0.25) is 5.91 Å². The first kappa shape index (κ1) is 18.2. The lowest BCUT2D eigenvalue weighted by Crippen LogP contribution is -2.40. The van der Waals surface area contributed by atoms with E-state index in [-0.39, 0.29) is 18.4 Å². The molecule has 0 bridgehead atoms. The molecular weight excluding hydrogens is 302 g/mol. The molecule has 0 saturated heterocycles. The van der Waals surface area contributed by atoms with Crippen LogP contribution in [0.1, 0.15) is 37.8 Å². The van der Waals surface area contributed by atoms with Crippen molar-refractivity contribution in [3.8, 4) is 0 Å². The number of aromatic nitrogens is 2. The molecule has 0 aliphatic carbocycles. The number of aryl methyl sites for hydroxylation is 2. The Morgan fingerprint density at radius 1 is 1.38 bits per heavy atom. The van der Waals surface area contributed by atoms with E-state index in [1.807, 2.05) is 25.1 Å². The Morgan fingerprint density at radius 2 is 2.08 bits per heavy atom. The summed E-state index contributed by atoms with van der Waals surface area (Å²) in [6, 6.07) is 10.3. The molecule has 1 aromatic carbocycles. The first-order valence-electron chi connectivity index (χ1n) is 8.41. The van der Waals surface area contributed by atoms with Crippen LogP contribution in [0.25, 0.3) is 0 Å². The minimum Gasteiger partial charge on any atom is -0.383 e. The Balaban J connectivity index is 1.75. The van der Waals surface area contributed by atoms with Crippen LogP contribution in [0.5, 0.6) is 0 Å². The monoisotopic (exact) mass is 329 g/mol. The summed E-state index contributed by atoms with van der Waals surface area (Å²) in [5.74, 6) is -0.0920. The minimum atomic E-state index is -1.12. The SMILES string of the molecule is CC(CCCc1ccccc1)C(=O)NCC(C)(O)c1cnn(C)c1. The molecule has 5 nitrogen and oxygen atoms in total. The number of hydrogen-bond acceptors (Lipinski definition) is 3. The molecule has 1 aromatic heterocycles. The Labute approximate surface area is 143 Å². The largest absolute Gasteiger partial charge is 0.383 e. The summed E-state index contributed by atoms with van der Waals surface area (Å²) < 4.78 is 1.64. The molecule has 24 heavy (non-hydrogen) atoms. The van der Waals surface area contributed by atoms with Crippen molar-refractivity contribution in [1.82, 2.24) is 15.1 Å². The molecule has 130 valence electrons. The van der Waals surface area contributed by atoms with Gasteiger partial charge in [0, 0.05) is 24.7 Å². The lowest BCUT2D eigenvalue weighted by Gasteiger charge is -2.23. The molecular formula is C19H27N3O2. The zero-order valence-corrected chi connectivity index (χ0v) is 14.7. The van der Waals surface area contributed by atoms with Gasteiger partial charge in [-0.25, -0.2) is 0 Å². The molecule has 0 radical (unpaired) electrons. The van der Waals surface area contributed by atoms with Gasteiger partial charge < -0.3 is 10.4 Å². The molecule has 0 aliphatic rings. The fraction of sp³-hybridized carbons (Fsp3) is 0.474. The number of nitrogens with zero attached hydrogens (tertiary/aromatic N) is 2. The second kappa shape index (κ2) is 8.11. The smallest absolute Gasteiger partial charge is 0.222 e. The lowest BCUT2D eigenvalue weighted by molar-refractivity contribution is -0.125. The number of carbonyl (C=O) groups is 1. The van der Waals surface area contributed by atoms with E-state index in [1.165, 1.54) is 5.56 Å². The summed E-state index contributed by atoms with van der Waals surface area (Å²) in [6.07, 6.45) is 6.16. The maximum Gasteiger partial charge on any atom is 0.222 e. The fourth-order valence-electron chi connectivity index (χ4n) is 2.62. The van der Waals surface area contributed by atoms with Crippen LogP contribution < -0.4 is 5.32 Å². The number of benzene rings is 1. The molecule has 0 spiro atoms. The van der Waals surface area contributed by atoms with E-state index >= 15 is 0 Å². The van der Waals surface area contributed by atoms with Gasteiger partial charge in [0.1, 0.15) is 5.60 Å². The zero-order chi connectivity index (χ0) is 17.6. The van der Waals surface area contributed by atoms with Gasteiger partial charge in [-0.1, -0.05) is 37.3 Å². The Kier molecular flexibility index (Phi) is 6.15. The molecule has 0 saturated carbocycles. The second-order valence-electron chi connectivity index (χ2n) is 6.67. The van der Waals surface area contributed by atoms with E-state index in [9.17, 15) is 9.90 Å². The summed E-state index contributed by atoms with van der Waals surface area (Å²) in [5, 5.41) is 17.4. The van der Waals surface area contributed by atoms with Crippen molar-refractivity contribution in [1.29, 1.82) is 0 Å². The Bertz CT molecular complexity index is 650. The first-order chi connectivity index (χ1) is 11.4. The van der Waals surface area contributed by atoms with E-state index in [2.05, 4.69) is 22.5 Å². The number of aliphatic hydroxyl groups is 1. The molecule has 0 aliphatic heterocycles. The van der Waals surface area contributed by atoms with Crippen LogP contribution in [0.4, 0.5) is 0 Å². The highest BCUT2D eigenvalue weighted by Crippen LogP contribution is 2.19. The molecule has 2 N–H and O–H groups in total. The maximum atomic E-state index is 12.2. The van der Waals surface area contributed by atoms with Gasteiger partial charge in [0.05, 0.1) is 12.7 Å². The van der Waals surface area contributed by atoms with Gasteiger partial charge in [-0.2, -0.15) is 5.10 Å². The number of amides is 1. The van der Waals surface area contributed by atoms with Crippen LogP contribution in [0.2, 0.25) is 0 Å². The van der Waals surface area contributed by atoms with Crippen molar-refractivity contribution in [2.24, 2.45) is 13.0 Å². The third kappa shape index (κ3) is 5.20. The Hall–Kier alpha value is -2.14. The predicted octanol–water partition coefficient (Wildman–Crippen LogP) is 2.40.